The number of carbonyl (C=O) groups excluding carboxylic acids is 1. The summed E-state index contributed by atoms with van der Waals surface area (Å²) in [5.41, 5.74) is -0.202. The maximum Gasteiger partial charge on any atom is 0.314 e. The number of aliphatic hydroxyl groups excluding tert-OH is 1. The second-order valence-electron chi connectivity index (χ2n) is 7.20. The fraction of sp³-hybridized carbons (Fsp3) is 0.381. The number of carbonyl (C=O) groups is 2. The van der Waals surface area contributed by atoms with Crippen LogP contribution in [0.4, 0.5) is 5.82 Å². The number of anilines is 1. The third-order valence-corrected chi connectivity index (χ3v) is 5.42. The normalized spacial score (nSPS) is 21.5. The Hall–Kier alpha value is -3.13. The number of hydrogen-bond donors (Lipinski definition) is 3. The molecule has 1 saturated heterocycles. The van der Waals surface area contributed by atoms with Gasteiger partial charge in [0.1, 0.15) is 17.0 Å². The van der Waals surface area contributed by atoms with Crippen LogP contribution >= 0.6 is 0 Å². The molecule has 0 spiro atoms. The summed E-state index contributed by atoms with van der Waals surface area (Å²) in [5, 5.41) is 23.4. The number of aliphatic carboxylic acids is 1. The number of nitrogens with one attached hydrogen (secondary N) is 1. The molecule has 1 aromatic heterocycles. The van der Waals surface area contributed by atoms with Crippen molar-refractivity contribution in [1.82, 2.24) is 10.3 Å². The molecule has 1 aliphatic rings. The first-order chi connectivity index (χ1) is 13.9. The Bertz CT molecular complexity index is 903. The Labute approximate surface area is 169 Å². The molecule has 0 radical (unpaired) electrons. The number of pyridine rings is 1. The molecule has 1 amide bonds. The van der Waals surface area contributed by atoms with E-state index < -0.39 is 17.5 Å². The fourth-order valence-electron chi connectivity index (χ4n) is 3.76. The number of carboxylic acids is 1. The van der Waals surface area contributed by atoms with E-state index in [1.807, 2.05) is 11.0 Å². The van der Waals surface area contributed by atoms with E-state index in [-0.39, 0.29) is 25.3 Å². The molecule has 1 fully saturated rings. The lowest BCUT2D eigenvalue weighted by Crippen LogP contribution is -2.57. The van der Waals surface area contributed by atoms with Crippen LogP contribution in [0.2, 0.25) is 0 Å². The van der Waals surface area contributed by atoms with Gasteiger partial charge in [-0.2, -0.15) is 0 Å². The monoisotopic (exact) mass is 399 g/mol. The minimum absolute atomic E-state index is 0.0743. The summed E-state index contributed by atoms with van der Waals surface area (Å²) in [6.07, 6.45) is 0.939. The van der Waals surface area contributed by atoms with Crippen LogP contribution in [0.1, 0.15) is 22.3 Å². The molecule has 8 nitrogen and oxygen atoms in total. The van der Waals surface area contributed by atoms with E-state index in [0.717, 1.165) is 5.56 Å². The van der Waals surface area contributed by atoms with E-state index in [1.165, 1.54) is 6.20 Å². The smallest absolute Gasteiger partial charge is 0.314 e. The van der Waals surface area contributed by atoms with Gasteiger partial charge in [0.05, 0.1) is 13.2 Å². The van der Waals surface area contributed by atoms with Crippen molar-refractivity contribution in [2.45, 2.75) is 18.9 Å². The fourth-order valence-corrected chi connectivity index (χ4v) is 3.76. The van der Waals surface area contributed by atoms with Crippen LogP contribution in [0.3, 0.4) is 0 Å². The molecular formula is C21H25N3O5. The third kappa shape index (κ3) is 4.17. The SMILES string of the molecule is CNC(=O)c1ccnc(N2CC[C@@H](O)[C@](Cc3cccc(OC)c3)(C(=O)O)C2)c1. The molecule has 0 bridgehead atoms. The average Bonchev–Trinajstić information content (AvgIpc) is 2.74. The highest BCUT2D eigenvalue weighted by molar-refractivity contribution is 5.94. The topological polar surface area (TPSA) is 112 Å². The van der Waals surface area contributed by atoms with Gasteiger partial charge in [-0.1, -0.05) is 12.1 Å². The third-order valence-electron chi connectivity index (χ3n) is 5.42. The first-order valence-corrected chi connectivity index (χ1v) is 9.37. The van der Waals surface area contributed by atoms with Crippen molar-refractivity contribution in [3.8, 4) is 5.75 Å². The minimum Gasteiger partial charge on any atom is -0.497 e. The molecule has 0 unspecified atom stereocenters. The molecule has 1 aliphatic heterocycles. The number of amides is 1. The molecule has 2 aromatic rings. The molecule has 8 heteroatoms. The molecule has 0 aliphatic carbocycles. The summed E-state index contributed by atoms with van der Waals surface area (Å²) < 4.78 is 5.23. The summed E-state index contributed by atoms with van der Waals surface area (Å²) in [6.45, 7) is 0.517. The summed E-state index contributed by atoms with van der Waals surface area (Å²) in [4.78, 5) is 30.4. The van der Waals surface area contributed by atoms with Crippen molar-refractivity contribution in [2.24, 2.45) is 5.41 Å². The molecule has 3 rings (SSSR count). The average molecular weight is 399 g/mol. The van der Waals surface area contributed by atoms with Crippen LogP contribution in [0.25, 0.3) is 0 Å². The molecule has 3 N–H and O–H groups in total. The number of hydrogen-bond acceptors (Lipinski definition) is 6. The van der Waals surface area contributed by atoms with Crippen molar-refractivity contribution >= 4 is 17.7 Å². The van der Waals surface area contributed by atoms with Crippen LogP contribution in [-0.2, 0) is 11.2 Å². The number of carboxylic acid groups (broad SMARTS) is 1. The molecule has 154 valence electrons. The van der Waals surface area contributed by atoms with Gasteiger partial charge < -0.3 is 25.2 Å². The molecule has 2 atom stereocenters. The summed E-state index contributed by atoms with van der Waals surface area (Å²) >= 11 is 0. The summed E-state index contributed by atoms with van der Waals surface area (Å²) in [5.74, 6) is -0.175. The number of aromatic nitrogens is 1. The second-order valence-corrected chi connectivity index (χ2v) is 7.20. The number of ether oxygens (including phenoxy) is 1. The van der Waals surface area contributed by atoms with Crippen molar-refractivity contribution < 1.29 is 24.5 Å². The molecule has 1 aromatic carbocycles. The number of benzene rings is 1. The summed E-state index contributed by atoms with van der Waals surface area (Å²) in [6, 6.07) is 10.4. The maximum absolute atomic E-state index is 12.3. The van der Waals surface area contributed by atoms with Crippen molar-refractivity contribution in [1.29, 1.82) is 0 Å². The highest BCUT2D eigenvalue weighted by atomic mass is 16.5. The van der Waals surface area contributed by atoms with Crippen LogP contribution in [0.15, 0.2) is 42.6 Å². The largest absolute Gasteiger partial charge is 0.497 e. The lowest BCUT2D eigenvalue weighted by Gasteiger charge is -2.44. The van der Waals surface area contributed by atoms with Gasteiger partial charge in [0.25, 0.3) is 5.91 Å². The Morgan fingerprint density at radius 3 is 2.83 bits per heavy atom. The van der Waals surface area contributed by atoms with Crippen molar-refractivity contribution in [3.05, 3.63) is 53.7 Å². The van der Waals surface area contributed by atoms with Gasteiger partial charge in [-0.15, -0.1) is 0 Å². The zero-order chi connectivity index (χ0) is 21.0. The number of methoxy groups -OCH3 is 1. The van der Waals surface area contributed by atoms with E-state index >= 15 is 0 Å². The van der Waals surface area contributed by atoms with Gasteiger partial charge >= 0.3 is 5.97 Å². The van der Waals surface area contributed by atoms with Crippen LogP contribution in [0.5, 0.6) is 5.75 Å². The first-order valence-electron chi connectivity index (χ1n) is 9.37. The lowest BCUT2D eigenvalue weighted by molar-refractivity contribution is -0.157. The zero-order valence-electron chi connectivity index (χ0n) is 16.5. The quantitative estimate of drug-likeness (QED) is 0.672. The molecule has 0 saturated carbocycles. The van der Waals surface area contributed by atoms with E-state index in [2.05, 4.69) is 10.3 Å². The predicted molar refractivity (Wildman–Crippen MR) is 107 cm³/mol. The Morgan fingerprint density at radius 1 is 1.34 bits per heavy atom. The minimum atomic E-state index is -1.41. The second kappa shape index (κ2) is 8.48. The number of aliphatic hydroxyl groups is 1. The highest BCUT2D eigenvalue weighted by Crippen LogP contribution is 2.37. The van der Waals surface area contributed by atoms with Gasteiger partial charge in [0.15, 0.2) is 0 Å². The zero-order valence-corrected chi connectivity index (χ0v) is 16.5. The van der Waals surface area contributed by atoms with E-state index in [9.17, 15) is 19.8 Å². The first kappa shape index (κ1) is 20.6. The standard InChI is InChI=1S/C21H25N3O5/c1-22-19(26)15-6-8-23-18(11-15)24-9-7-17(25)21(13-24,20(27)28)12-14-4-3-5-16(10-14)29-2/h3-6,8,10-11,17,25H,7,9,12-13H2,1-2H3,(H,22,26)(H,27,28)/t17-,21-/m1/s1. The van der Waals surface area contributed by atoms with Crippen LogP contribution in [0, 0.1) is 5.41 Å². The van der Waals surface area contributed by atoms with Crippen LogP contribution < -0.4 is 15.0 Å². The predicted octanol–water partition coefficient (Wildman–Crippen LogP) is 1.33. The Morgan fingerprint density at radius 2 is 2.14 bits per heavy atom. The molecule has 29 heavy (non-hydrogen) atoms. The van der Waals surface area contributed by atoms with Crippen molar-refractivity contribution in [2.75, 3.05) is 32.1 Å². The van der Waals surface area contributed by atoms with Gasteiger partial charge in [-0.05, 0) is 42.7 Å². The van der Waals surface area contributed by atoms with Gasteiger partial charge in [0.2, 0.25) is 0 Å². The van der Waals surface area contributed by atoms with Crippen LogP contribution in [-0.4, -0.2) is 60.4 Å². The highest BCUT2D eigenvalue weighted by Gasteiger charge is 2.49. The molecular weight excluding hydrogens is 374 g/mol. The van der Waals surface area contributed by atoms with E-state index in [0.29, 0.717) is 23.7 Å². The Balaban J connectivity index is 1.93. The van der Waals surface area contributed by atoms with Gasteiger partial charge in [0, 0.05) is 31.9 Å². The summed E-state index contributed by atoms with van der Waals surface area (Å²) in [7, 11) is 3.09. The van der Waals surface area contributed by atoms with E-state index in [1.54, 1.807) is 44.5 Å². The maximum atomic E-state index is 12.3. The van der Waals surface area contributed by atoms with Gasteiger partial charge in [-0.25, -0.2) is 4.98 Å². The van der Waals surface area contributed by atoms with Crippen molar-refractivity contribution in [3.63, 3.8) is 0 Å². The lowest BCUT2D eigenvalue weighted by atomic mass is 9.73. The van der Waals surface area contributed by atoms with E-state index in [4.69, 9.17) is 4.74 Å². The number of rotatable bonds is 6. The van der Waals surface area contributed by atoms with Gasteiger partial charge in [-0.3, -0.25) is 9.59 Å². The molecule has 2 heterocycles. The Kier molecular flexibility index (Phi) is 6.03. The number of piperidine rings is 1. The number of nitrogens with zero attached hydrogens (tertiary/aromatic N) is 2.